The molecule has 0 aromatic carbocycles. The third kappa shape index (κ3) is 8.57. The Labute approximate surface area is 207 Å². The summed E-state index contributed by atoms with van der Waals surface area (Å²) in [6, 6.07) is 5.51. The predicted octanol–water partition coefficient (Wildman–Crippen LogP) is 2.66. The van der Waals surface area contributed by atoms with E-state index in [4.69, 9.17) is 15.2 Å². The number of methoxy groups -OCH3 is 2. The molecule has 2 aromatic rings. The number of nitrogens with two attached hydrogens (primary N) is 1. The molecule has 0 bridgehead atoms. The summed E-state index contributed by atoms with van der Waals surface area (Å²) in [6.45, 7) is 4.38. The Morgan fingerprint density at radius 1 is 1.17 bits per heavy atom. The van der Waals surface area contributed by atoms with Crippen molar-refractivity contribution in [3.05, 3.63) is 36.2 Å². The largest absolute Gasteiger partial charge is 0.404 e. The summed E-state index contributed by atoms with van der Waals surface area (Å²) in [7, 11) is 3.39. The van der Waals surface area contributed by atoms with E-state index in [-0.39, 0.29) is 12.1 Å². The summed E-state index contributed by atoms with van der Waals surface area (Å²) in [5.41, 5.74) is 8.84. The molecule has 4 N–H and O–H groups in total. The van der Waals surface area contributed by atoms with Gasteiger partial charge in [0, 0.05) is 69.6 Å². The Bertz CT molecular complexity index is 998. The summed E-state index contributed by atoms with van der Waals surface area (Å²) in [6.07, 6.45) is 9.39. The molecule has 190 valence electrons. The summed E-state index contributed by atoms with van der Waals surface area (Å²) in [5.74, 6) is 0.478. The number of amides is 2. The molecule has 1 aliphatic carbocycles. The van der Waals surface area contributed by atoms with Crippen molar-refractivity contribution in [1.29, 1.82) is 0 Å². The molecule has 0 atom stereocenters. The number of aromatic nitrogens is 2. The Morgan fingerprint density at radius 3 is 2.60 bits per heavy atom. The molecule has 0 unspecified atom stereocenters. The third-order valence-corrected chi connectivity index (χ3v) is 5.98. The van der Waals surface area contributed by atoms with E-state index in [1.165, 1.54) is 6.20 Å². The highest BCUT2D eigenvalue weighted by atomic mass is 16.5. The van der Waals surface area contributed by atoms with Crippen LogP contribution in [0, 0.1) is 0 Å². The zero-order valence-corrected chi connectivity index (χ0v) is 20.7. The molecule has 1 fully saturated rings. The van der Waals surface area contributed by atoms with Crippen LogP contribution in [0.4, 0.5) is 10.6 Å². The second-order valence-electron chi connectivity index (χ2n) is 8.52. The quantitative estimate of drug-likeness (QED) is 0.374. The van der Waals surface area contributed by atoms with Gasteiger partial charge in [-0.1, -0.05) is 12.8 Å². The average Bonchev–Trinajstić information content (AvgIpc) is 3.37. The molecule has 1 saturated carbocycles. The fourth-order valence-electron chi connectivity index (χ4n) is 3.99. The lowest BCUT2D eigenvalue weighted by Crippen LogP contribution is -2.36. The molecular weight excluding hydrogens is 446 g/mol. The van der Waals surface area contributed by atoms with Crippen LogP contribution in [0.1, 0.15) is 31.2 Å². The van der Waals surface area contributed by atoms with Gasteiger partial charge in [-0.15, -0.1) is 0 Å². The molecule has 2 heterocycles. The van der Waals surface area contributed by atoms with E-state index in [9.17, 15) is 4.79 Å². The minimum atomic E-state index is -0.229. The number of rotatable bonds is 13. The number of nitrogens with one attached hydrogen (secondary N) is 2. The van der Waals surface area contributed by atoms with Crippen LogP contribution in [0.15, 0.2) is 35.6 Å². The number of anilines is 1. The lowest BCUT2D eigenvalue weighted by atomic mass is 10.1. The van der Waals surface area contributed by atoms with Crippen LogP contribution >= 0.6 is 0 Å². The van der Waals surface area contributed by atoms with E-state index in [1.807, 2.05) is 12.1 Å². The van der Waals surface area contributed by atoms with Gasteiger partial charge in [0.25, 0.3) is 0 Å². The standard InChI is InChI=1S/C25H37N7O3/c1-34-13-11-32(12-14-35-2)10-9-27-17-20(16-26)19-15-23-22(28-18-19)7-8-24(30-23)31-25(33)29-21-5-3-4-6-21/h7-8,15-18,21H,3-6,9-14,26H2,1-2H3,(H2,29,30,31,33). The summed E-state index contributed by atoms with van der Waals surface area (Å²) in [5, 5.41) is 5.83. The van der Waals surface area contributed by atoms with E-state index >= 15 is 0 Å². The van der Waals surface area contributed by atoms with E-state index in [0.717, 1.165) is 62.0 Å². The van der Waals surface area contributed by atoms with Gasteiger partial charge in [-0.25, -0.2) is 9.78 Å². The number of fused-ring (bicyclic) bond motifs is 1. The van der Waals surface area contributed by atoms with E-state index in [1.54, 1.807) is 32.7 Å². The van der Waals surface area contributed by atoms with E-state index in [0.29, 0.717) is 31.1 Å². The number of nitrogens with zero attached hydrogens (tertiary/aromatic N) is 4. The smallest absolute Gasteiger partial charge is 0.320 e. The Morgan fingerprint density at radius 2 is 1.91 bits per heavy atom. The fourth-order valence-corrected chi connectivity index (χ4v) is 3.99. The molecule has 1 aliphatic rings. The van der Waals surface area contributed by atoms with Crippen molar-refractivity contribution < 1.29 is 14.3 Å². The van der Waals surface area contributed by atoms with Gasteiger partial charge < -0.3 is 20.5 Å². The van der Waals surface area contributed by atoms with Gasteiger partial charge in [0.2, 0.25) is 0 Å². The van der Waals surface area contributed by atoms with Gasteiger partial charge in [0.1, 0.15) is 5.82 Å². The molecule has 0 saturated heterocycles. The molecule has 2 amide bonds. The van der Waals surface area contributed by atoms with Crippen molar-refractivity contribution in [3.63, 3.8) is 0 Å². The first kappa shape index (κ1) is 26.5. The highest BCUT2D eigenvalue weighted by molar-refractivity contribution is 6.10. The zero-order valence-electron chi connectivity index (χ0n) is 20.7. The second kappa shape index (κ2) is 14.3. The first-order valence-corrected chi connectivity index (χ1v) is 12.1. The van der Waals surface area contributed by atoms with Gasteiger partial charge in [0.15, 0.2) is 0 Å². The van der Waals surface area contributed by atoms with Crippen LogP contribution < -0.4 is 16.4 Å². The lowest BCUT2D eigenvalue weighted by molar-refractivity contribution is 0.116. The first-order chi connectivity index (χ1) is 17.1. The molecule has 10 heteroatoms. The van der Waals surface area contributed by atoms with Gasteiger partial charge >= 0.3 is 6.03 Å². The monoisotopic (exact) mass is 483 g/mol. The summed E-state index contributed by atoms with van der Waals surface area (Å²) < 4.78 is 10.4. The average molecular weight is 484 g/mol. The Balaban J connectivity index is 1.61. The van der Waals surface area contributed by atoms with Crippen LogP contribution in [-0.4, -0.2) is 86.8 Å². The predicted molar refractivity (Wildman–Crippen MR) is 140 cm³/mol. The van der Waals surface area contributed by atoms with E-state index in [2.05, 4.69) is 30.5 Å². The van der Waals surface area contributed by atoms with Gasteiger partial charge in [-0.05, 0) is 31.0 Å². The zero-order chi connectivity index (χ0) is 24.9. The number of carbonyl (C=O) groups excluding carboxylic acids is 1. The molecule has 0 radical (unpaired) electrons. The molecule has 10 nitrogen and oxygen atoms in total. The maximum absolute atomic E-state index is 12.3. The van der Waals surface area contributed by atoms with Gasteiger partial charge in [-0.3, -0.25) is 20.2 Å². The molecule has 0 aliphatic heterocycles. The van der Waals surface area contributed by atoms with Crippen molar-refractivity contribution in [2.24, 2.45) is 10.7 Å². The van der Waals surface area contributed by atoms with Crippen LogP contribution in [-0.2, 0) is 9.47 Å². The summed E-state index contributed by atoms with van der Waals surface area (Å²) in [4.78, 5) is 28.2. The molecule has 3 rings (SSSR count). The lowest BCUT2D eigenvalue weighted by Gasteiger charge is -2.20. The third-order valence-electron chi connectivity index (χ3n) is 5.98. The number of hydrogen-bond acceptors (Lipinski definition) is 8. The Kier molecular flexibility index (Phi) is 10.9. The number of allylic oxidation sites excluding steroid dienone is 1. The number of aliphatic imine (C=N–C) groups is 1. The van der Waals surface area contributed by atoms with Crippen LogP contribution in [0.5, 0.6) is 0 Å². The molecular formula is C25H37N7O3. The van der Waals surface area contributed by atoms with Gasteiger partial charge in [-0.2, -0.15) is 0 Å². The van der Waals surface area contributed by atoms with Crippen molar-refractivity contribution in [1.82, 2.24) is 20.2 Å². The van der Waals surface area contributed by atoms with Gasteiger partial charge in [0.05, 0.1) is 30.8 Å². The minimum Gasteiger partial charge on any atom is -0.404 e. The van der Waals surface area contributed by atoms with Crippen molar-refractivity contribution in [3.8, 4) is 0 Å². The van der Waals surface area contributed by atoms with Crippen LogP contribution in [0.2, 0.25) is 0 Å². The number of carbonyl (C=O) groups is 1. The van der Waals surface area contributed by atoms with Crippen molar-refractivity contribution in [2.45, 2.75) is 31.7 Å². The maximum Gasteiger partial charge on any atom is 0.320 e. The summed E-state index contributed by atoms with van der Waals surface area (Å²) >= 11 is 0. The number of pyridine rings is 2. The number of hydrogen-bond donors (Lipinski definition) is 3. The Hall–Kier alpha value is -3.08. The molecule has 35 heavy (non-hydrogen) atoms. The van der Waals surface area contributed by atoms with Crippen molar-refractivity contribution >= 4 is 34.7 Å². The van der Waals surface area contributed by atoms with Crippen LogP contribution in [0.3, 0.4) is 0 Å². The molecule has 2 aromatic heterocycles. The highest BCUT2D eigenvalue weighted by Crippen LogP contribution is 2.20. The number of ether oxygens (including phenoxy) is 2. The van der Waals surface area contributed by atoms with E-state index < -0.39 is 0 Å². The second-order valence-corrected chi connectivity index (χ2v) is 8.52. The molecule has 0 spiro atoms. The van der Waals surface area contributed by atoms with Crippen LogP contribution in [0.25, 0.3) is 16.6 Å². The fraction of sp³-hybridized carbons (Fsp3) is 0.520. The normalized spacial score (nSPS) is 14.9. The number of urea groups is 1. The SMILES string of the molecule is COCCN(CCN=CC(=CN)c1cnc2ccc(NC(=O)NC3CCCC3)nc2c1)CCOC. The highest BCUT2D eigenvalue weighted by Gasteiger charge is 2.17. The topological polar surface area (TPSA) is 127 Å². The van der Waals surface area contributed by atoms with Crippen molar-refractivity contribution in [2.75, 3.05) is 58.9 Å². The first-order valence-electron chi connectivity index (χ1n) is 12.1. The maximum atomic E-state index is 12.3. The minimum absolute atomic E-state index is 0.229.